The van der Waals surface area contributed by atoms with Gasteiger partial charge in [0.2, 0.25) is 0 Å². The highest BCUT2D eigenvalue weighted by Gasteiger charge is 2.07. The minimum Gasteiger partial charge on any atom is -0.306 e. The van der Waals surface area contributed by atoms with E-state index >= 15 is 0 Å². The van der Waals surface area contributed by atoms with E-state index in [0.29, 0.717) is 0 Å². The maximum absolute atomic E-state index is 4.11. The van der Waals surface area contributed by atoms with Crippen LogP contribution in [0.2, 0.25) is 0 Å². The summed E-state index contributed by atoms with van der Waals surface area (Å²) in [6.45, 7) is 4.27. The van der Waals surface area contributed by atoms with Crippen molar-refractivity contribution in [3.05, 3.63) is 35.1 Å². The first kappa shape index (κ1) is 7.68. The van der Waals surface area contributed by atoms with Crippen molar-refractivity contribution in [2.75, 3.05) is 0 Å². The van der Waals surface area contributed by atoms with Crippen molar-refractivity contribution in [2.24, 2.45) is 4.99 Å². The van der Waals surface area contributed by atoms with Crippen LogP contribution in [0.3, 0.4) is 0 Å². The van der Waals surface area contributed by atoms with Crippen LogP contribution in [-0.4, -0.2) is 9.52 Å². The van der Waals surface area contributed by atoms with Crippen molar-refractivity contribution in [2.45, 2.75) is 13.8 Å². The van der Waals surface area contributed by atoms with E-state index in [2.05, 4.69) is 40.4 Å². The largest absolute Gasteiger partial charge is 0.306 e. The minimum absolute atomic E-state index is 0.300. The van der Waals surface area contributed by atoms with Gasteiger partial charge in [0, 0.05) is 17.6 Å². The first-order chi connectivity index (χ1) is 5.79. The molecule has 0 spiro atoms. The summed E-state index contributed by atoms with van der Waals surface area (Å²) in [7, 11) is 0. The average Bonchev–Trinajstić information content (AvgIpc) is 2.61. The second-order valence-electron chi connectivity index (χ2n) is 2.87. The zero-order valence-electron chi connectivity index (χ0n) is 7.23. The molecule has 64 valence electrons. The van der Waals surface area contributed by atoms with Gasteiger partial charge >= 0.3 is 0 Å². The molecule has 1 unspecified atom stereocenters. The summed E-state index contributed by atoms with van der Waals surface area (Å²) in [5.41, 5.74) is 4.66. The number of thiol groups is 1. The highest BCUT2D eigenvalue weighted by atomic mass is 32.2. The Morgan fingerprint density at radius 1 is 1.25 bits per heavy atom. The molecule has 1 aliphatic heterocycles. The lowest BCUT2D eigenvalue weighted by Crippen LogP contribution is -1.97. The Balaban J connectivity index is 2.44. The summed E-state index contributed by atoms with van der Waals surface area (Å²) in [6, 6.07) is 4.30. The van der Waals surface area contributed by atoms with Crippen LogP contribution in [0.5, 0.6) is 0 Å². The van der Waals surface area contributed by atoms with Gasteiger partial charge in [0.25, 0.3) is 0 Å². The number of hydrogen-bond acceptors (Lipinski definition) is 1. The number of aliphatic imine (C=N–C) groups is 1. The molecular formula is C9H12N2S. The highest BCUT2D eigenvalue weighted by molar-refractivity contribution is 8.29. The lowest BCUT2D eigenvalue weighted by atomic mass is 10.5. The monoisotopic (exact) mass is 180 g/mol. The molecule has 2 heterocycles. The van der Waals surface area contributed by atoms with E-state index in [0.717, 1.165) is 0 Å². The van der Waals surface area contributed by atoms with Gasteiger partial charge in [-0.25, -0.2) is 0 Å². The van der Waals surface area contributed by atoms with Gasteiger partial charge in [-0.3, -0.25) is 4.99 Å². The van der Waals surface area contributed by atoms with Gasteiger partial charge in [0.1, 0.15) is 0 Å². The fourth-order valence-electron chi connectivity index (χ4n) is 1.40. The summed E-state index contributed by atoms with van der Waals surface area (Å²) < 4.78 is 2.34. The van der Waals surface area contributed by atoms with E-state index in [9.17, 15) is 0 Å². The molecule has 0 N–H and O–H groups in total. The second-order valence-corrected chi connectivity index (χ2v) is 4.56. The van der Waals surface area contributed by atoms with Gasteiger partial charge in [-0.15, -0.1) is 11.1 Å². The molecule has 1 aromatic heterocycles. The summed E-state index contributed by atoms with van der Waals surface area (Å²) >= 11 is -0.300. The molecule has 0 aromatic carbocycles. The van der Waals surface area contributed by atoms with Crippen molar-refractivity contribution in [3.8, 4) is 0 Å². The predicted octanol–water partition coefficient (Wildman–Crippen LogP) is 2.38. The molecule has 0 saturated carbocycles. The smallest absolute Gasteiger partial charge is 0.0608 e. The Kier molecular flexibility index (Phi) is 1.81. The lowest BCUT2D eigenvalue weighted by Gasteiger charge is -2.15. The van der Waals surface area contributed by atoms with Crippen molar-refractivity contribution in [1.29, 1.82) is 0 Å². The number of aryl methyl sites for hydroxylation is 2. The number of rotatable bonds is 1. The van der Waals surface area contributed by atoms with Crippen LogP contribution >= 0.6 is 11.1 Å². The van der Waals surface area contributed by atoms with E-state index in [1.165, 1.54) is 11.4 Å². The van der Waals surface area contributed by atoms with Crippen LogP contribution in [-0.2, 0) is 0 Å². The van der Waals surface area contributed by atoms with Crippen LogP contribution in [0.1, 0.15) is 11.4 Å². The van der Waals surface area contributed by atoms with Crippen LogP contribution in [0.25, 0.3) is 0 Å². The molecule has 2 rings (SSSR count). The summed E-state index contributed by atoms with van der Waals surface area (Å²) in [6.07, 6.45) is 1.88. The maximum Gasteiger partial charge on any atom is 0.0608 e. The normalized spacial score (nSPS) is 23.7. The third-order valence-electron chi connectivity index (χ3n) is 1.96. The SMILES string of the molecule is Cc1ccc(C)n1[SH]1C=CN=C1. The first-order valence-electron chi connectivity index (χ1n) is 3.92. The van der Waals surface area contributed by atoms with E-state index in [1.807, 2.05) is 11.7 Å². The Labute approximate surface area is 75.1 Å². The molecule has 1 aromatic rings. The second kappa shape index (κ2) is 2.83. The number of aromatic nitrogens is 1. The quantitative estimate of drug-likeness (QED) is 0.639. The van der Waals surface area contributed by atoms with Gasteiger partial charge in [-0.05, 0) is 31.4 Å². The van der Waals surface area contributed by atoms with Gasteiger partial charge in [0.15, 0.2) is 0 Å². The molecule has 0 saturated heterocycles. The average molecular weight is 180 g/mol. The number of hydrogen-bond donors (Lipinski definition) is 1. The number of nitrogens with zero attached hydrogens (tertiary/aromatic N) is 2. The van der Waals surface area contributed by atoms with Crippen molar-refractivity contribution < 1.29 is 0 Å². The molecule has 1 atom stereocenters. The van der Waals surface area contributed by atoms with Crippen LogP contribution in [0.15, 0.2) is 28.7 Å². The lowest BCUT2D eigenvalue weighted by molar-refractivity contribution is 1.11. The van der Waals surface area contributed by atoms with Crippen molar-refractivity contribution in [3.63, 3.8) is 0 Å². The fourth-order valence-corrected chi connectivity index (χ4v) is 3.00. The molecule has 0 amide bonds. The molecule has 0 bridgehead atoms. The Hall–Kier alpha value is -0.960. The Bertz CT molecular complexity index is 318. The van der Waals surface area contributed by atoms with Gasteiger partial charge in [-0.1, -0.05) is 0 Å². The van der Waals surface area contributed by atoms with Crippen LogP contribution < -0.4 is 0 Å². The summed E-state index contributed by atoms with van der Waals surface area (Å²) in [5, 5.41) is 2.16. The Morgan fingerprint density at radius 2 is 1.92 bits per heavy atom. The molecule has 0 radical (unpaired) electrons. The van der Waals surface area contributed by atoms with E-state index in [1.54, 1.807) is 0 Å². The summed E-state index contributed by atoms with van der Waals surface area (Å²) in [5.74, 6) is 0. The van der Waals surface area contributed by atoms with Crippen LogP contribution in [0.4, 0.5) is 0 Å². The fraction of sp³-hybridized carbons (Fsp3) is 0.222. The van der Waals surface area contributed by atoms with Gasteiger partial charge < -0.3 is 3.97 Å². The Morgan fingerprint density at radius 3 is 2.42 bits per heavy atom. The highest BCUT2D eigenvalue weighted by Crippen LogP contribution is 2.33. The van der Waals surface area contributed by atoms with Crippen molar-refractivity contribution in [1.82, 2.24) is 3.97 Å². The molecule has 12 heavy (non-hydrogen) atoms. The van der Waals surface area contributed by atoms with Gasteiger partial charge in [0.05, 0.1) is 5.55 Å². The molecule has 1 aliphatic rings. The third-order valence-corrected chi connectivity index (χ3v) is 3.86. The van der Waals surface area contributed by atoms with E-state index < -0.39 is 0 Å². The minimum atomic E-state index is -0.300. The van der Waals surface area contributed by atoms with E-state index in [-0.39, 0.29) is 11.1 Å². The molecule has 2 nitrogen and oxygen atoms in total. The molecule has 0 fully saturated rings. The predicted molar refractivity (Wildman–Crippen MR) is 55.9 cm³/mol. The van der Waals surface area contributed by atoms with Crippen molar-refractivity contribution >= 4 is 16.6 Å². The molecular weight excluding hydrogens is 168 g/mol. The molecule has 0 aliphatic carbocycles. The first-order valence-corrected chi connectivity index (χ1v) is 5.36. The third kappa shape index (κ3) is 1.10. The topological polar surface area (TPSA) is 17.3 Å². The standard InChI is InChI=1S/C9H12N2S/c1-8-3-4-9(2)11(8)12-6-5-10-7-12/h3-7,12H,1-2H3. The summed E-state index contributed by atoms with van der Waals surface area (Å²) in [4.78, 5) is 4.11. The molecule has 3 heteroatoms. The van der Waals surface area contributed by atoms with Crippen LogP contribution in [0, 0.1) is 13.8 Å². The maximum atomic E-state index is 4.11. The van der Waals surface area contributed by atoms with E-state index in [4.69, 9.17) is 0 Å². The van der Waals surface area contributed by atoms with Gasteiger partial charge in [-0.2, -0.15) is 0 Å². The zero-order valence-corrected chi connectivity index (χ0v) is 8.12. The zero-order chi connectivity index (χ0) is 8.55.